The summed E-state index contributed by atoms with van der Waals surface area (Å²) in [6.07, 6.45) is 5.07. The topological polar surface area (TPSA) is 18.5 Å². The van der Waals surface area contributed by atoms with Crippen molar-refractivity contribution in [2.75, 3.05) is 37.6 Å². The van der Waals surface area contributed by atoms with Crippen molar-refractivity contribution >= 4 is 34.6 Å². The number of halogens is 1. The number of piperazine rings is 1. The smallest absolute Gasteiger partial charge is 0.169 e. The van der Waals surface area contributed by atoms with Gasteiger partial charge in [-0.2, -0.15) is 0 Å². The first-order chi connectivity index (χ1) is 10.7. The summed E-state index contributed by atoms with van der Waals surface area (Å²) in [4.78, 5) is 4.60. The molecule has 0 saturated carbocycles. The van der Waals surface area contributed by atoms with Gasteiger partial charge in [0, 0.05) is 32.7 Å². The molecule has 0 spiro atoms. The van der Waals surface area contributed by atoms with Gasteiger partial charge in [-0.3, -0.25) is 0 Å². The second-order valence-corrected chi connectivity index (χ2v) is 6.51. The minimum absolute atomic E-state index is 0.826. The average Bonchev–Trinajstić information content (AvgIpc) is 2.55. The van der Waals surface area contributed by atoms with E-state index in [0.717, 1.165) is 48.5 Å². The second-order valence-electron chi connectivity index (χ2n) is 5.72. The summed E-state index contributed by atoms with van der Waals surface area (Å²) in [7, 11) is 0. The van der Waals surface area contributed by atoms with Gasteiger partial charge in [0.2, 0.25) is 0 Å². The molecule has 1 N–H and O–H groups in total. The number of benzene rings is 1. The fourth-order valence-corrected chi connectivity index (χ4v) is 3.26. The Morgan fingerprint density at radius 1 is 1.14 bits per heavy atom. The van der Waals surface area contributed by atoms with Gasteiger partial charge in [-0.15, -0.1) is 0 Å². The third kappa shape index (κ3) is 5.03. The van der Waals surface area contributed by atoms with Crippen molar-refractivity contribution in [3.05, 3.63) is 29.3 Å². The van der Waals surface area contributed by atoms with Crippen molar-refractivity contribution in [3.8, 4) is 0 Å². The molecule has 1 fully saturated rings. The molecule has 0 aliphatic carbocycles. The van der Waals surface area contributed by atoms with E-state index >= 15 is 0 Å². The highest BCUT2D eigenvalue weighted by molar-refractivity contribution is 7.80. The van der Waals surface area contributed by atoms with E-state index in [1.165, 1.54) is 25.7 Å². The summed E-state index contributed by atoms with van der Waals surface area (Å²) in [6, 6.07) is 8.05. The molecule has 3 nitrogen and oxygen atoms in total. The molecule has 0 atom stereocenters. The van der Waals surface area contributed by atoms with Crippen LogP contribution in [0, 0.1) is 0 Å². The highest BCUT2D eigenvalue weighted by Crippen LogP contribution is 2.25. The Kier molecular flexibility index (Phi) is 7.26. The molecule has 0 radical (unpaired) electrons. The maximum absolute atomic E-state index is 6.27. The first kappa shape index (κ1) is 17.4. The third-order valence-electron chi connectivity index (χ3n) is 4.07. The van der Waals surface area contributed by atoms with E-state index in [2.05, 4.69) is 28.1 Å². The van der Waals surface area contributed by atoms with Crippen LogP contribution in [0.5, 0.6) is 0 Å². The lowest BCUT2D eigenvalue weighted by Gasteiger charge is -2.37. The summed E-state index contributed by atoms with van der Waals surface area (Å²) in [5, 5.41) is 5.11. The number of nitrogens with zero attached hydrogens (tertiary/aromatic N) is 2. The van der Waals surface area contributed by atoms with Crippen molar-refractivity contribution in [2.24, 2.45) is 0 Å². The van der Waals surface area contributed by atoms with E-state index in [1.807, 2.05) is 18.2 Å². The van der Waals surface area contributed by atoms with Gasteiger partial charge in [-0.05, 0) is 30.8 Å². The number of hydrogen-bond acceptors (Lipinski definition) is 2. The molecular weight excluding hydrogens is 314 g/mol. The normalized spacial score (nSPS) is 15.0. The van der Waals surface area contributed by atoms with E-state index in [0.29, 0.717) is 0 Å². The maximum Gasteiger partial charge on any atom is 0.169 e. The van der Waals surface area contributed by atoms with E-state index in [4.69, 9.17) is 23.8 Å². The lowest BCUT2D eigenvalue weighted by molar-refractivity contribution is 0.380. The number of anilines is 1. The van der Waals surface area contributed by atoms with Crippen LogP contribution in [0.25, 0.3) is 0 Å². The first-order valence-electron chi connectivity index (χ1n) is 8.24. The molecule has 1 aromatic rings. The molecule has 2 rings (SSSR count). The number of para-hydroxylation sites is 1. The van der Waals surface area contributed by atoms with Gasteiger partial charge in [0.05, 0.1) is 10.7 Å². The maximum atomic E-state index is 6.27. The summed E-state index contributed by atoms with van der Waals surface area (Å²) < 4.78 is 0. The quantitative estimate of drug-likeness (QED) is 0.625. The number of thiocarbonyl (C=S) groups is 1. The minimum Gasteiger partial charge on any atom is -0.367 e. The van der Waals surface area contributed by atoms with Crippen LogP contribution in [0.15, 0.2) is 24.3 Å². The Labute approximate surface area is 144 Å². The van der Waals surface area contributed by atoms with Gasteiger partial charge in [0.15, 0.2) is 5.11 Å². The van der Waals surface area contributed by atoms with Crippen LogP contribution in [-0.2, 0) is 0 Å². The summed E-state index contributed by atoms with van der Waals surface area (Å²) >= 11 is 11.8. The second kappa shape index (κ2) is 9.21. The molecule has 22 heavy (non-hydrogen) atoms. The van der Waals surface area contributed by atoms with E-state index in [1.54, 1.807) is 0 Å². The standard InChI is InChI=1S/C17H26ClN3S/c1-2-3-4-7-10-19-17(22)21-13-11-20(12-14-21)16-9-6-5-8-15(16)18/h5-6,8-9H,2-4,7,10-14H2,1H3,(H,19,22). The van der Waals surface area contributed by atoms with Gasteiger partial charge < -0.3 is 15.1 Å². The molecular formula is C17H26ClN3S. The van der Waals surface area contributed by atoms with Gasteiger partial charge in [-0.1, -0.05) is 49.9 Å². The third-order valence-corrected chi connectivity index (χ3v) is 4.79. The summed E-state index contributed by atoms with van der Waals surface area (Å²) in [5.41, 5.74) is 1.13. The van der Waals surface area contributed by atoms with E-state index in [-0.39, 0.29) is 0 Å². The zero-order valence-electron chi connectivity index (χ0n) is 13.4. The minimum atomic E-state index is 0.826. The van der Waals surface area contributed by atoms with Gasteiger partial charge in [-0.25, -0.2) is 0 Å². The molecule has 0 bridgehead atoms. The zero-order chi connectivity index (χ0) is 15.8. The fraction of sp³-hybridized carbons (Fsp3) is 0.588. The summed E-state index contributed by atoms with van der Waals surface area (Å²) in [5.74, 6) is 0. The number of rotatable bonds is 6. The van der Waals surface area contributed by atoms with Gasteiger partial charge >= 0.3 is 0 Å². The highest BCUT2D eigenvalue weighted by atomic mass is 35.5. The number of unbranched alkanes of at least 4 members (excludes halogenated alkanes) is 3. The van der Waals surface area contributed by atoms with Crippen LogP contribution >= 0.6 is 23.8 Å². The molecule has 1 aliphatic rings. The van der Waals surface area contributed by atoms with Crippen LogP contribution in [0.3, 0.4) is 0 Å². The Hall–Kier alpha value is -1.00. The molecule has 0 amide bonds. The zero-order valence-corrected chi connectivity index (χ0v) is 14.9. The van der Waals surface area contributed by atoms with Crippen molar-refractivity contribution in [2.45, 2.75) is 32.6 Å². The Bertz CT molecular complexity index is 473. The van der Waals surface area contributed by atoms with Crippen LogP contribution in [0.2, 0.25) is 5.02 Å². The van der Waals surface area contributed by atoms with Crippen LogP contribution in [0.4, 0.5) is 5.69 Å². The van der Waals surface area contributed by atoms with E-state index in [9.17, 15) is 0 Å². The molecule has 0 unspecified atom stereocenters. The monoisotopic (exact) mass is 339 g/mol. The SMILES string of the molecule is CCCCCCNC(=S)N1CCN(c2ccccc2Cl)CC1. The highest BCUT2D eigenvalue weighted by Gasteiger charge is 2.20. The first-order valence-corrected chi connectivity index (χ1v) is 9.03. The number of hydrogen-bond donors (Lipinski definition) is 1. The molecule has 1 saturated heterocycles. The Morgan fingerprint density at radius 2 is 1.86 bits per heavy atom. The van der Waals surface area contributed by atoms with Crippen LogP contribution in [0.1, 0.15) is 32.6 Å². The molecule has 0 aromatic heterocycles. The predicted octanol–water partition coefficient (Wildman–Crippen LogP) is 3.92. The molecule has 1 aliphatic heterocycles. The van der Waals surface area contributed by atoms with Crippen LogP contribution < -0.4 is 10.2 Å². The predicted molar refractivity (Wildman–Crippen MR) is 100.0 cm³/mol. The lowest BCUT2D eigenvalue weighted by atomic mass is 10.2. The van der Waals surface area contributed by atoms with E-state index < -0.39 is 0 Å². The van der Waals surface area contributed by atoms with Crippen molar-refractivity contribution in [3.63, 3.8) is 0 Å². The molecule has 5 heteroatoms. The number of nitrogens with one attached hydrogen (secondary N) is 1. The lowest BCUT2D eigenvalue weighted by Crippen LogP contribution is -2.52. The van der Waals surface area contributed by atoms with Gasteiger partial charge in [0.25, 0.3) is 0 Å². The molecule has 1 aromatic carbocycles. The van der Waals surface area contributed by atoms with Crippen molar-refractivity contribution in [1.82, 2.24) is 10.2 Å². The fourth-order valence-electron chi connectivity index (χ4n) is 2.72. The van der Waals surface area contributed by atoms with Gasteiger partial charge in [0.1, 0.15) is 0 Å². The largest absolute Gasteiger partial charge is 0.367 e. The molecule has 1 heterocycles. The van der Waals surface area contributed by atoms with Crippen molar-refractivity contribution < 1.29 is 0 Å². The van der Waals surface area contributed by atoms with Crippen LogP contribution in [-0.4, -0.2) is 42.7 Å². The summed E-state index contributed by atoms with van der Waals surface area (Å²) in [6.45, 7) is 7.04. The Morgan fingerprint density at radius 3 is 2.55 bits per heavy atom. The Balaban J connectivity index is 1.72. The average molecular weight is 340 g/mol. The molecule has 122 valence electrons. The van der Waals surface area contributed by atoms with Crippen molar-refractivity contribution in [1.29, 1.82) is 0 Å².